The molecule has 0 bridgehead atoms. The van der Waals surface area contributed by atoms with Crippen LogP contribution in [-0.2, 0) is 0 Å². The van der Waals surface area contributed by atoms with Gasteiger partial charge in [-0.3, -0.25) is 5.43 Å². The number of anilines is 1. The molecule has 120 valence electrons. The zero-order valence-electron chi connectivity index (χ0n) is 13.9. The summed E-state index contributed by atoms with van der Waals surface area (Å²) in [6, 6.07) is 13.7. The molecule has 0 radical (unpaired) electrons. The number of hydrogen-bond donors (Lipinski definition) is 1. The van der Waals surface area contributed by atoms with Gasteiger partial charge in [-0.1, -0.05) is 25.1 Å². The van der Waals surface area contributed by atoms with Crippen molar-refractivity contribution in [3.8, 4) is 12.1 Å². The lowest BCUT2D eigenvalue weighted by molar-refractivity contribution is 0.874. The number of hydrazone groups is 1. The number of benzene rings is 1. The van der Waals surface area contributed by atoms with Gasteiger partial charge in [-0.2, -0.15) is 20.7 Å². The fraction of sp³-hybridized carbons (Fsp3) is 0.222. The van der Waals surface area contributed by atoms with Gasteiger partial charge in [0.15, 0.2) is 0 Å². The lowest BCUT2D eigenvalue weighted by Crippen LogP contribution is -2.06. The highest BCUT2D eigenvalue weighted by Gasteiger charge is 2.18. The Labute approximate surface area is 141 Å². The van der Waals surface area contributed by atoms with Crippen molar-refractivity contribution in [2.45, 2.75) is 27.2 Å². The molecule has 0 saturated carbocycles. The summed E-state index contributed by atoms with van der Waals surface area (Å²) in [6.45, 7) is 5.56. The minimum absolute atomic E-state index is 0.412. The highest BCUT2D eigenvalue weighted by atomic mass is 15.3. The first-order valence-corrected chi connectivity index (χ1v) is 7.56. The Morgan fingerprint density at radius 2 is 2.04 bits per heavy atom. The lowest BCUT2D eigenvalue weighted by atomic mass is 10.1. The van der Waals surface area contributed by atoms with Crippen molar-refractivity contribution < 1.29 is 0 Å². The monoisotopic (exact) mass is 318 g/mol. The number of nitrogens with zero attached hydrogens (tertiary/aromatic N) is 5. The number of aromatic nitrogens is 2. The number of nitrogens with one attached hydrogen (secondary N) is 1. The van der Waals surface area contributed by atoms with Crippen LogP contribution in [0.1, 0.15) is 37.2 Å². The number of hydrogen-bond acceptors (Lipinski definition) is 5. The van der Waals surface area contributed by atoms with E-state index in [1.165, 1.54) is 10.8 Å². The van der Waals surface area contributed by atoms with Crippen LogP contribution >= 0.6 is 0 Å². The van der Waals surface area contributed by atoms with E-state index in [2.05, 4.69) is 21.7 Å². The minimum Gasteiger partial charge on any atom is -0.278 e. The van der Waals surface area contributed by atoms with Crippen LogP contribution in [0.4, 0.5) is 5.69 Å². The molecule has 6 heteroatoms. The van der Waals surface area contributed by atoms with Crippen molar-refractivity contribution in [1.29, 1.82) is 10.5 Å². The molecule has 1 N–H and O–H groups in total. The molecular formula is C18H18N6. The molecule has 2 rings (SSSR count). The van der Waals surface area contributed by atoms with Gasteiger partial charge in [-0.05, 0) is 32.4 Å². The second-order valence-corrected chi connectivity index (χ2v) is 5.15. The van der Waals surface area contributed by atoms with Crippen LogP contribution in [0.2, 0.25) is 0 Å². The lowest BCUT2D eigenvalue weighted by Gasteiger charge is -2.04. The van der Waals surface area contributed by atoms with E-state index in [0.29, 0.717) is 23.5 Å². The second-order valence-electron chi connectivity index (χ2n) is 5.15. The Morgan fingerprint density at radius 1 is 1.33 bits per heavy atom. The Kier molecular flexibility index (Phi) is 5.49. The van der Waals surface area contributed by atoms with Gasteiger partial charge in [0.1, 0.15) is 17.5 Å². The molecule has 1 aromatic carbocycles. The topological polar surface area (TPSA) is 89.8 Å². The molecule has 0 amide bonds. The van der Waals surface area contributed by atoms with E-state index in [4.69, 9.17) is 5.26 Å². The summed E-state index contributed by atoms with van der Waals surface area (Å²) in [4.78, 5) is 0. The molecule has 0 unspecified atom stereocenters. The molecule has 6 nitrogen and oxygen atoms in total. The van der Waals surface area contributed by atoms with Crippen LogP contribution in [0.25, 0.3) is 5.70 Å². The number of rotatable bonds is 5. The first-order chi connectivity index (χ1) is 11.6. The predicted octanol–water partition coefficient (Wildman–Crippen LogP) is 3.67. The summed E-state index contributed by atoms with van der Waals surface area (Å²) < 4.78 is 1.49. The Morgan fingerprint density at radius 3 is 2.62 bits per heavy atom. The molecule has 2 aromatic rings. The zero-order chi connectivity index (χ0) is 17.5. The first kappa shape index (κ1) is 17.0. The maximum atomic E-state index is 9.42. The maximum Gasteiger partial charge on any atom is 0.147 e. The van der Waals surface area contributed by atoms with E-state index < -0.39 is 0 Å². The van der Waals surface area contributed by atoms with Crippen LogP contribution in [0, 0.1) is 29.6 Å². The van der Waals surface area contributed by atoms with Crippen LogP contribution in [0.15, 0.2) is 41.5 Å². The fourth-order valence-electron chi connectivity index (χ4n) is 2.26. The summed E-state index contributed by atoms with van der Waals surface area (Å²) in [5.74, 6) is 0. The fourth-order valence-corrected chi connectivity index (χ4v) is 2.26. The summed E-state index contributed by atoms with van der Waals surface area (Å²) >= 11 is 0. The Balaban J connectivity index is 2.44. The van der Waals surface area contributed by atoms with E-state index in [0.717, 1.165) is 17.0 Å². The smallest absolute Gasteiger partial charge is 0.147 e. The van der Waals surface area contributed by atoms with Crippen LogP contribution < -0.4 is 5.43 Å². The third-order valence-corrected chi connectivity index (χ3v) is 3.54. The van der Waals surface area contributed by atoms with Gasteiger partial charge in [0.2, 0.25) is 0 Å². The van der Waals surface area contributed by atoms with E-state index in [9.17, 15) is 5.26 Å². The number of allylic oxidation sites excluding steroid dienone is 2. The molecule has 24 heavy (non-hydrogen) atoms. The SMILES string of the molecule is CCC(=NNc1ccccc1)c1nn(C(C)=CC#N)c(C#N)c1C. The van der Waals surface area contributed by atoms with Crippen molar-refractivity contribution in [2.75, 3.05) is 5.43 Å². The Hall–Kier alpha value is -3.38. The molecule has 0 atom stereocenters. The molecule has 1 heterocycles. The van der Waals surface area contributed by atoms with Crippen molar-refractivity contribution in [2.24, 2.45) is 5.10 Å². The van der Waals surface area contributed by atoms with Crippen molar-refractivity contribution >= 4 is 17.1 Å². The standard InChI is InChI=1S/C18H18N6/c1-4-16(22-21-15-8-6-5-7-9-15)18-14(3)17(12-20)24(23-18)13(2)10-11-19/h5-10,21H,4H2,1-3H3. The van der Waals surface area contributed by atoms with Gasteiger partial charge in [0, 0.05) is 11.6 Å². The van der Waals surface area contributed by atoms with E-state index in [1.807, 2.05) is 50.2 Å². The van der Waals surface area contributed by atoms with Crippen molar-refractivity contribution in [3.05, 3.63) is 53.4 Å². The molecule has 1 aromatic heterocycles. The minimum atomic E-state index is 0.412. The molecule has 0 aliphatic rings. The summed E-state index contributed by atoms with van der Waals surface area (Å²) in [6.07, 6.45) is 2.02. The highest BCUT2D eigenvalue weighted by molar-refractivity contribution is 6.00. The van der Waals surface area contributed by atoms with E-state index in [-0.39, 0.29) is 0 Å². The third-order valence-electron chi connectivity index (χ3n) is 3.54. The van der Waals surface area contributed by atoms with Gasteiger partial charge in [0.05, 0.1) is 23.2 Å². The van der Waals surface area contributed by atoms with E-state index in [1.54, 1.807) is 6.92 Å². The first-order valence-electron chi connectivity index (χ1n) is 7.56. The largest absolute Gasteiger partial charge is 0.278 e. The van der Waals surface area contributed by atoms with Crippen LogP contribution in [0.5, 0.6) is 0 Å². The average Bonchev–Trinajstić information content (AvgIpc) is 2.93. The average molecular weight is 318 g/mol. The quantitative estimate of drug-likeness (QED) is 0.517. The third kappa shape index (κ3) is 3.50. The normalized spacial score (nSPS) is 11.7. The molecule has 0 fully saturated rings. The summed E-state index contributed by atoms with van der Waals surface area (Å²) in [7, 11) is 0. The van der Waals surface area contributed by atoms with Gasteiger partial charge in [0.25, 0.3) is 0 Å². The van der Waals surface area contributed by atoms with Gasteiger partial charge in [-0.25, -0.2) is 4.68 Å². The number of para-hydroxylation sites is 1. The van der Waals surface area contributed by atoms with Crippen LogP contribution in [0.3, 0.4) is 0 Å². The molecular weight excluding hydrogens is 300 g/mol. The van der Waals surface area contributed by atoms with E-state index >= 15 is 0 Å². The zero-order valence-corrected chi connectivity index (χ0v) is 13.9. The van der Waals surface area contributed by atoms with Crippen LogP contribution in [-0.4, -0.2) is 15.5 Å². The second kappa shape index (κ2) is 7.75. The molecule has 0 saturated heterocycles. The molecule has 0 aliphatic carbocycles. The molecule has 0 aliphatic heterocycles. The van der Waals surface area contributed by atoms with Gasteiger partial charge < -0.3 is 0 Å². The van der Waals surface area contributed by atoms with Crippen molar-refractivity contribution in [3.63, 3.8) is 0 Å². The maximum absolute atomic E-state index is 9.42. The summed E-state index contributed by atoms with van der Waals surface area (Å²) in [5.41, 5.74) is 7.04. The van der Waals surface area contributed by atoms with Gasteiger partial charge >= 0.3 is 0 Å². The molecule has 0 spiro atoms. The summed E-state index contributed by atoms with van der Waals surface area (Å²) in [5, 5.41) is 27.2. The van der Waals surface area contributed by atoms with Crippen molar-refractivity contribution in [1.82, 2.24) is 9.78 Å². The van der Waals surface area contributed by atoms with Gasteiger partial charge in [-0.15, -0.1) is 0 Å². The number of nitriles is 2. The highest BCUT2D eigenvalue weighted by Crippen LogP contribution is 2.19. The Bertz CT molecular complexity index is 859. The predicted molar refractivity (Wildman–Crippen MR) is 94.1 cm³/mol.